The van der Waals surface area contributed by atoms with Gasteiger partial charge in [0.1, 0.15) is 0 Å². The topological polar surface area (TPSA) is 17.3 Å². The number of nitrogens with zero attached hydrogens (tertiary/aromatic N) is 2. The lowest BCUT2D eigenvalue weighted by molar-refractivity contribution is 0.435. The van der Waals surface area contributed by atoms with Gasteiger partial charge in [-0.25, -0.2) is 5.32 Å². The van der Waals surface area contributed by atoms with Crippen molar-refractivity contribution in [2.24, 2.45) is 0 Å². The maximum atomic E-state index is 4.71. The van der Waals surface area contributed by atoms with Gasteiger partial charge in [0.25, 0.3) is 0 Å². The first kappa shape index (κ1) is 16.1. The Morgan fingerprint density at radius 2 is 2.10 bits per heavy atom. The van der Waals surface area contributed by atoms with E-state index in [2.05, 4.69) is 64.3 Å². The highest BCUT2D eigenvalue weighted by Gasteiger charge is 2.25. The van der Waals surface area contributed by atoms with Gasteiger partial charge in [-0.3, -0.25) is 0 Å². The molecule has 0 spiro atoms. The number of benzene rings is 1. The van der Waals surface area contributed by atoms with Crippen molar-refractivity contribution < 1.29 is 0 Å². The fraction of sp³-hybridized carbons (Fsp3) is 0.579. The molecule has 0 amide bonds. The summed E-state index contributed by atoms with van der Waals surface area (Å²) in [6.07, 6.45) is 1.13. The summed E-state index contributed by atoms with van der Waals surface area (Å²) >= 11 is 0. The molecule has 0 aromatic heterocycles. The SMILES string of the molecule is C=C(C)c1ccc(N2CC[N]C(CC)C2)c(C(C)(C)C)c1. The van der Waals surface area contributed by atoms with E-state index in [-0.39, 0.29) is 5.41 Å². The summed E-state index contributed by atoms with van der Waals surface area (Å²) in [4.78, 5) is 2.52. The molecule has 21 heavy (non-hydrogen) atoms. The Morgan fingerprint density at radius 1 is 1.38 bits per heavy atom. The number of hydrogen-bond donors (Lipinski definition) is 0. The molecule has 1 atom stereocenters. The Morgan fingerprint density at radius 3 is 2.67 bits per heavy atom. The lowest BCUT2D eigenvalue weighted by Gasteiger charge is -2.37. The van der Waals surface area contributed by atoms with Gasteiger partial charge in [-0.15, -0.1) is 0 Å². The quantitative estimate of drug-likeness (QED) is 0.813. The monoisotopic (exact) mass is 285 g/mol. The predicted octanol–water partition coefficient (Wildman–Crippen LogP) is 4.22. The smallest absolute Gasteiger partial charge is 0.0419 e. The Bertz CT molecular complexity index is 511. The summed E-state index contributed by atoms with van der Waals surface area (Å²) in [6.45, 7) is 18.3. The highest BCUT2D eigenvalue weighted by atomic mass is 15.2. The number of rotatable bonds is 3. The van der Waals surface area contributed by atoms with Gasteiger partial charge < -0.3 is 4.90 Å². The van der Waals surface area contributed by atoms with Crippen molar-refractivity contribution in [3.8, 4) is 0 Å². The van der Waals surface area contributed by atoms with Gasteiger partial charge in [0.15, 0.2) is 0 Å². The van der Waals surface area contributed by atoms with Crippen molar-refractivity contribution >= 4 is 11.3 Å². The van der Waals surface area contributed by atoms with Crippen molar-refractivity contribution in [1.29, 1.82) is 0 Å². The minimum absolute atomic E-state index is 0.136. The number of allylic oxidation sites excluding steroid dienone is 1. The average molecular weight is 285 g/mol. The van der Waals surface area contributed by atoms with E-state index in [1.807, 2.05) is 0 Å². The van der Waals surface area contributed by atoms with Crippen LogP contribution in [-0.2, 0) is 5.41 Å². The molecule has 1 heterocycles. The highest BCUT2D eigenvalue weighted by molar-refractivity contribution is 5.68. The fourth-order valence-electron chi connectivity index (χ4n) is 2.92. The van der Waals surface area contributed by atoms with E-state index in [1.54, 1.807) is 0 Å². The van der Waals surface area contributed by atoms with Crippen LogP contribution in [0.2, 0.25) is 0 Å². The van der Waals surface area contributed by atoms with Crippen molar-refractivity contribution in [3.05, 3.63) is 35.9 Å². The molecular weight excluding hydrogens is 256 g/mol. The number of hydrogen-bond acceptors (Lipinski definition) is 1. The van der Waals surface area contributed by atoms with E-state index in [9.17, 15) is 0 Å². The first-order valence-electron chi connectivity index (χ1n) is 8.05. The molecule has 1 aliphatic heterocycles. The van der Waals surface area contributed by atoms with Crippen LogP contribution in [0.25, 0.3) is 5.57 Å². The van der Waals surface area contributed by atoms with Gasteiger partial charge >= 0.3 is 0 Å². The van der Waals surface area contributed by atoms with E-state index >= 15 is 0 Å². The van der Waals surface area contributed by atoms with Crippen molar-refractivity contribution in [1.82, 2.24) is 5.32 Å². The zero-order valence-corrected chi connectivity index (χ0v) is 14.2. The Kier molecular flexibility index (Phi) is 4.77. The minimum Gasteiger partial charge on any atom is -0.368 e. The molecule has 2 rings (SSSR count). The maximum absolute atomic E-state index is 4.71. The lowest BCUT2D eigenvalue weighted by Crippen LogP contribution is -2.47. The van der Waals surface area contributed by atoms with E-state index in [4.69, 9.17) is 5.32 Å². The predicted molar refractivity (Wildman–Crippen MR) is 93.1 cm³/mol. The molecule has 1 fully saturated rings. The molecule has 1 aromatic rings. The van der Waals surface area contributed by atoms with Crippen LogP contribution in [0.5, 0.6) is 0 Å². The molecule has 1 radical (unpaired) electrons. The molecule has 2 heteroatoms. The van der Waals surface area contributed by atoms with Crippen LogP contribution in [0.15, 0.2) is 24.8 Å². The van der Waals surface area contributed by atoms with E-state index in [0.29, 0.717) is 6.04 Å². The Hall–Kier alpha value is -1.28. The van der Waals surface area contributed by atoms with Gasteiger partial charge in [-0.1, -0.05) is 45.9 Å². The van der Waals surface area contributed by atoms with Crippen molar-refractivity contribution in [3.63, 3.8) is 0 Å². The van der Waals surface area contributed by atoms with Crippen LogP contribution in [0, 0.1) is 0 Å². The normalized spacial score (nSPS) is 19.7. The number of piperazine rings is 1. The van der Waals surface area contributed by atoms with E-state index in [0.717, 1.165) is 31.6 Å². The summed E-state index contributed by atoms with van der Waals surface area (Å²) in [5.41, 5.74) is 5.31. The Balaban J connectivity index is 2.40. The van der Waals surface area contributed by atoms with Gasteiger partial charge in [0.05, 0.1) is 0 Å². The van der Waals surface area contributed by atoms with Gasteiger partial charge in [0.2, 0.25) is 0 Å². The largest absolute Gasteiger partial charge is 0.368 e. The summed E-state index contributed by atoms with van der Waals surface area (Å²) in [5.74, 6) is 0. The zero-order chi connectivity index (χ0) is 15.6. The molecule has 1 aliphatic rings. The van der Waals surface area contributed by atoms with Crippen molar-refractivity contribution in [2.75, 3.05) is 24.5 Å². The molecule has 2 nitrogen and oxygen atoms in total. The maximum Gasteiger partial charge on any atom is 0.0419 e. The van der Waals surface area contributed by atoms with Gasteiger partial charge in [-0.05, 0) is 42.0 Å². The summed E-state index contributed by atoms with van der Waals surface area (Å²) in [6, 6.07) is 7.29. The van der Waals surface area contributed by atoms with Gasteiger partial charge in [-0.2, -0.15) is 0 Å². The lowest BCUT2D eigenvalue weighted by atomic mass is 9.83. The molecule has 0 N–H and O–H groups in total. The van der Waals surface area contributed by atoms with E-state index < -0.39 is 0 Å². The molecule has 1 saturated heterocycles. The van der Waals surface area contributed by atoms with E-state index in [1.165, 1.54) is 16.8 Å². The third-order valence-corrected chi connectivity index (χ3v) is 4.30. The minimum atomic E-state index is 0.136. The summed E-state index contributed by atoms with van der Waals surface area (Å²) < 4.78 is 0. The highest BCUT2D eigenvalue weighted by Crippen LogP contribution is 2.34. The second kappa shape index (κ2) is 6.23. The van der Waals surface area contributed by atoms with Crippen LogP contribution in [0.4, 0.5) is 5.69 Å². The molecule has 0 bridgehead atoms. The second-order valence-electron chi connectivity index (χ2n) is 7.18. The van der Waals surface area contributed by atoms with Crippen LogP contribution in [0.1, 0.15) is 52.2 Å². The summed E-state index contributed by atoms with van der Waals surface area (Å²) in [5, 5.41) is 4.71. The molecule has 0 saturated carbocycles. The molecule has 1 aromatic carbocycles. The van der Waals surface area contributed by atoms with Crippen LogP contribution >= 0.6 is 0 Å². The van der Waals surface area contributed by atoms with Crippen LogP contribution < -0.4 is 10.2 Å². The summed E-state index contributed by atoms with van der Waals surface area (Å²) in [7, 11) is 0. The van der Waals surface area contributed by atoms with Crippen LogP contribution in [0.3, 0.4) is 0 Å². The molecular formula is C19H29N2. The van der Waals surface area contributed by atoms with Crippen LogP contribution in [-0.4, -0.2) is 25.7 Å². The zero-order valence-electron chi connectivity index (χ0n) is 14.2. The average Bonchev–Trinajstić information content (AvgIpc) is 2.45. The number of anilines is 1. The molecule has 0 aliphatic carbocycles. The molecule has 115 valence electrons. The third-order valence-electron chi connectivity index (χ3n) is 4.30. The third kappa shape index (κ3) is 3.68. The second-order valence-corrected chi connectivity index (χ2v) is 7.18. The Labute approximate surface area is 130 Å². The van der Waals surface area contributed by atoms with Gasteiger partial charge in [0, 0.05) is 31.4 Å². The molecule has 1 unspecified atom stereocenters. The van der Waals surface area contributed by atoms with Crippen molar-refractivity contribution in [2.45, 2.75) is 52.5 Å². The first-order chi connectivity index (χ1) is 9.82. The standard InChI is InChI=1S/C19H29N2/c1-7-16-13-21(11-10-20-16)18-9-8-15(14(2)3)12-17(18)19(4,5)6/h8-9,12,16H,2,7,10-11,13H2,1,3-6H3. The first-order valence-corrected chi connectivity index (χ1v) is 8.05. The fourth-order valence-corrected chi connectivity index (χ4v) is 2.92.